The summed E-state index contributed by atoms with van der Waals surface area (Å²) in [4.78, 5) is 14.8. The van der Waals surface area contributed by atoms with Gasteiger partial charge in [-0.3, -0.25) is 4.79 Å². The lowest BCUT2D eigenvalue weighted by atomic mass is 10.2. The molecule has 0 radical (unpaired) electrons. The molecule has 0 aliphatic carbocycles. The Hall–Kier alpha value is -1.58. The Morgan fingerprint density at radius 3 is 2.67 bits per heavy atom. The van der Waals surface area contributed by atoms with Crippen LogP contribution in [0.2, 0.25) is 5.02 Å². The summed E-state index contributed by atoms with van der Waals surface area (Å²) in [5, 5.41) is 3.28. The van der Waals surface area contributed by atoms with Gasteiger partial charge in [-0.2, -0.15) is 0 Å². The van der Waals surface area contributed by atoms with Gasteiger partial charge in [0.15, 0.2) is 12.4 Å². The van der Waals surface area contributed by atoms with E-state index in [-0.39, 0.29) is 18.3 Å². The van der Waals surface area contributed by atoms with Crippen molar-refractivity contribution in [3.05, 3.63) is 64.9 Å². The van der Waals surface area contributed by atoms with Crippen molar-refractivity contribution >= 4 is 17.5 Å². The lowest BCUT2D eigenvalue weighted by molar-refractivity contribution is -0.378. The number of hydrogen-bond acceptors (Lipinski definition) is 1. The van der Waals surface area contributed by atoms with Crippen molar-refractivity contribution in [2.45, 2.75) is 6.54 Å². The minimum atomic E-state index is -0.167. The first-order valence-electron chi connectivity index (χ1n) is 5.25. The van der Waals surface area contributed by atoms with E-state index in [2.05, 4.69) is 10.3 Å². The maximum atomic E-state index is 11.8. The molecule has 2 rings (SSSR count). The maximum Gasteiger partial charge on any atom is 0.253 e. The number of H-pyrrole nitrogens is 1. The second-order valence-corrected chi connectivity index (χ2v) is 3.98. The molecule has 1 aromatic carbocycles. The van der Waals surface area contributed by atoms with Crippen LogP contribution >= 0.6 is 11.6 Å². The van der Waals surface area contributed by atoms with E-state index < -0.39 is 0 Å². The molecule has 2 N–H and O–H groups in total. The van der Waals surface area contributed by atoms with Gasteiger partial charge in [0.05, 0.1) is 10.6 Å². The highest BCUT2D eigenvalue weighted by atomic mass is 35.5. The molecular weight excluding hydrogens is 271 g/mol. The van der Waals surface area contributed by atoms with Crippen LogP contribution in [0.15, 0.2) is 48.8 Å². The van der Waals surface area contributed by atoms with Crippen LogP contribution in [0, 0.1) is 0 Å². The first-order chi connectivity index (χ1) is 8.27. The second kappa shape index (κ2) is 6.99. The predicted octanol–water partition coefficient (Wildman–Crippen LogP) is -0.912. The highest BCUT2D eigenvalue weighted by Crippen LogP contribution is 2.14. The lowest BCUT2D eigenvalue weighted by Crippen LogP contribution is -3.00. The number of hydrogen-bond donors (Lipinski definition) is 1. The van der Waals surface area contributed by atoms with Crippen molar-refractivity contribution < 1.29 is 22.2 Å². The lowest BCUT2D eigenvalue weighted by Gasteiger charge is -2.05. The number of nitrogens with one attached hydrogen (secondary N) is 2. The van der Waals surface area contributed by atoms with Crippen LogP contribution < -0.4 is 22.7 Å². The van der Waals surface area contributed by atoms with E-state index in [0.717, 1.165) is 5.56 Å². The fraction of sp³-hybridized carbons (Fsp3) is 0.0769. The molecule has 0 spiro atoms. The van der Waals surface area contributed by atoms with Crippen LogP contribution in [-0.2, 0) is 6.54 Å². The molecule has 0 unspecified atom stereocenters. The SMILES string of the molecule is O=C(NCc1ccc[nH+]c1)c1ccccc1Cl.[Cl-]. The third-order valence-electron chi connectivity index (χ3n) is 2.34. The molecule has 2 aromatic rings. The zero-order valence-electron chi connectivity index (χ0n) is 9.49. The number of benzene rings is 1. The fourth-order valence-electron chi connectivity index (χ4n) is 1.46. The van der Waals surface area contributed by atoms with Crippen LogP contribution in [0.4, 0.5) is 0 Å². The molecule has 0 atom stereocenters. The van der Waals surface area contributed by atoms with Crippen molar-refractivity contribution in [2.24, 2.45) is 0 Å². The maximum absolute atomic E-state index is 11.8. The van der Waals surface area contributed by atoms with Gasteiger partial charge in [-0.15, -0.1) is 0 Å². The largest absolute Gasteiger partial charge is 1.00 e. The molecule has 0 saturated heterocycles. The van der Waals surface area contributed by atoms with E-state index in [0.29, 0.717) is 17.1 Å². The quantitative estimate of drug-likeness (QED) is 0.778. The second-order valence-electron chi connectivity index (χ2n) is 3.57. The highest BCUT2D eigenvalue weighted by Gasteiger charge is 2.08. The van der Waals surface area contributed by atoms with Gasteiger partial charge in [0.25, 0.3) is 5.91 Å². The van der Waals surface area contributed by atoms with Crippen LogP contribution in [0.5, 0.6) is 0 Å². The first kappa shape index (κ1) is 14.5. The number of halogens is 2. The monoisotopic (exact) mass is 282 g/mol. The van der Waals surface area contributed by atoms with Gasteiger partial charge < -0.3 is 17.7 Å². The van der Waals surface area contributed by atoms with Crippen LogP contribution in [-0.4, -0.2) is 5.91 Å². The van der Waals surface area contributed by atoms with Gasteiger partial charge in [0, 0.05) is 18.2 Å². The molecule has 1 heterocycles. The van der Waals surface area contributed by atoms with Crippen molar-refractivity contribution in [1.29, 1.82) is 0 Å². The molecule has 1 amide bonds. The predicted molar refractivity (Wildman–Crippen MR) is 65.6 cm³/mol. The number of pyridine rings is 1. The Balaban J connectivity index is 0.00000162. The molecule has 18 heavy (non-hydrogen) atoms. The minimum Gasteiger partial charge on any atom is -1.00 e. The summed E-state index contributed by atoms with van der Waals surface area (Å²) in [7, 11) is 0. The molecule has 94 valence electrons. The summed E-state index contributed by atoms with van der Waals surface area (Å²) < 4.78 is 0. The molecular formula is C13H12Cl2N2O. The number of carbonyl (C=O) groups excluding carboxylic acids is 1. The van der Waals surface area contributed by atoms with Crippen LogP contribution in [0.25, 0.3) is 0 Å². The van der Waals surface area contributed by atoms with Crippen molar-refractivity contribution in [1.82, 2.24) is 5.32 Å². The third kappa shape index (κ3) is 3.72. The van der Waals surface area contributed by atoms with Crippen molar-refractivity contribution in [2.75, 3.05) is 0 Å². The number of amides is 1. The Morgan fingerprint density at radius 2 is 2.00 bits per heavy atom. The van der Waals surface area contributed by atoms with E-state index in [9.17, 15) is 4.79 Å². The molecule has 0 saturated carbocycles. The van der Waals surface area contributed by atoms with E-state index in [1.165, 1.54) is 0 Å². The Kier molecular flexibility index (Phi) is 5.62. The molecule has 0 aliphatic heterocycles. The molecule has 0 bridgehead atoms. The van der Waals surface area contributed by atoms with Gasteiger partial charge in [-0.05, 0) is 18.2 Å². The Morgan fingerprint density at radius 1 is 1.22 bits per heavy atom. The van der Waals surface area contributed by atoms with E-state index in [1.807, 2.05) is 24.5 Å². The summed E-state index contributed by atoms with van der Waals surface area (Å²) >= 11 is 5.93. The smallest absolute Gasteiger partial charge is 0.253 e. The minimum absolute atomic E-state index is 0. The first-order valence-corrected chi connectivity index (χ1v) is 5.63. The van der Waals surface area contributed by atoms with Crippen molar-refractivity contribution in [3.63, 3.8) is 0 Å². The average Bonchev–Trinajstić information content (AvgIpc) is 2.38. The molecule has 0 fully saturated rings. The van der Waals surface area contributed by atoms with Gasteiger partial charge in [0.1, 0.15) is 0 Å². The highest BCUT2D eigenvalue weighted by molar-refractivity contribution is 6.33. The number of aromatic amines is 1. The van der Waals surface area contributed by atoms with E-state index in [1.54, 1.807) is 24.3 Å². The normalized spacial score (nSPS) is 9.39. The van der Waals surface area contributed by atoms with E-state index in [4.69, 9.17) is 11.6 Å². The molecule has 3 nitrogen and oxygen atoms in total. The topological polar surface area (TPSA) is 43.2 Å². The summed E-state index contributed by atoms with van der Waals surface area (Å²) in [6, 6.07) is 10.8. The fourth-order valence-corrected chi connectivity index (χ4v) is 1.68. The summed E-state index contributed by atoms with van der Waals surface area (Å²) in [5.41, 5.74) is 1.50. The van der Waals surface area contributed by atoms with Crippen LogP contribution in [0.3, 0.4) is 0 Å². The van der Waals surface area contributed by atoms with Gasteiger partial charge in [-0.25, -0.2) is 4.98 Å². The Labute approximate surface area is 117 Å². The third-order valence-corrected chi connectivity index (χ3v) is 2.67. The van der Waals surface area contributed by atoms with Gasteiger partial charge in [0.2, 0.25) is 0 Å². The van der Waals surface area contributed by atoms with Gasteiger partial charge in [-0.1, -0.05) is 23.7 Å². The molecule has 5 heteroatoms. The zero-order chi connectivity index (χ0) is 12.1. The zero-order valence-corrected chi connectivity index (χ0v) is 11.0. The number of aromatic nitrogens is 1. The number of rotatable bonds is 3. The van der Waals surface area contributed by atoms with Crippen LogP contribution in [0.1, 0.15) is 15.9 Å². The number of carbonyl (C=O) groups is 1. The van der Waals surface area contributed by atoms with Gasteiger partial charge >= 0.3 is 0 Å². The molecule has 0 aliphatic rings. The Bertz CT molecular complexity index is 517. The van der Waals surface area contributed by atoms with Crippen molar-refractivity contribution in [3.8, 4) is 0 Å². The standard InChI is InChI=1S/C13H11ClN2O.ClH/c14-12-6-2-1-5-11(12)13(17)16-9-10-4-3-7-15-8-10;/h1-8H,9H2,(H,16,17);1H. The summed E-state index contributed by atoms with van der Waals surface area (Å²) in [6.45, 7) is 0.474. The summed E-state index contributed by atoms with van der Waals surface area (Å²) in [6.07, 6.45) is 3.66. The summed E-state index contributed by atoms with van der Waals surface area (Å²) in [5.74, 6) is -0.167. The van der Waals surface area contributed by atoms with E-state index >= 15 is 0 Å². The average molecular weight is 283 g/mol. The molecule has 1 aromatic heterocycles.